The van der Waals surface area contributed by atoms with Crippen LogP contribution in [0.3, 0.4) is 0 Å². The summed E-state index contributed by atoms with van der Waals surface area (Å²) in [4.78, 5) is 2.49. The maximum atomic E-state index is 11.0. The molecule has 0 bridgehead atoms. The number of likely N-dealkylation sites (tertiary alicyclic amines) is 1. The van der Waals surface area contributed by atoms with Crippen molar-refractivity contribution in [2.45, 2.75) is 44.2 Å². The quantitative estimate of drug-likeness (QED) is 0.851. The van der Waals surface area contributed by atoms with E-state index >= 15 is 0 Å². The van der Waals surface area contributed by atoms with Gasteiger partial charge in [-0.1, -0.05) is 29.8 Å². The van der Waals surface area contributed by atoms with E-state index in [9.17, 15) is 5.11 Å². The molecule has 2 aliphatic rings. The van der Waals surface area contributed by atoms with E-state index in [0.29, 0.717) is 6.04 Å². The Bertz CT molecular complexity index is 779. The molecule has 4 rings (SSSR count). The maximum Gasteiger partial charge on any atom is 0.119 e. The van der Waals surface area contributed by atoms with E-state index in [-0.39, 0.29) is 0 Å². The summed E-state index contributed by atoms with van der Waals surface area (Å²) in [6.07, 6.45) is 3.48. The lowest BCUT2D eigenvalue weighted by Crippen LogP contribution is -2.48. The highest BCUT2D eigenvalue weighted by Crippen LogP contribution is 2.31. The smallest absolute Gasteiger partial charge is 0.119 e. The van der Waals surface area contributed by atoms with E-state index in [2.05, 4.69) is 53.5 Å². The molecule has 2 aromatic carbocycles. The molecule has 27 heavy (non-hydrogen) atoms. The fraction of sp³-hybridized carbons (Fsp3) is 0.478. The van der Waals surface area contributed by atoms with Gasteiger partial charge in [0.1, 0.15) is 5.75 Å². The number of hydrogen-bond donors (Lipinski definition) is 2. The fourth-order valence-electron chi connectivity index (χ4n) is 4.38. The normalized spacial score (nSPS) is 21.5. The molecule has 0 saturated carbocycles. The lowest BCUT2D eigenvalue weighted by Gasteiger charge is -2.39. The molecular formula is C23H30N2O2. The number of hydrogen-bond acceptors (Lipinski definition) is 4. The molecule has 144 valence electrons. The minimum atomic E-state index is -0.564. The second-order valence-electron chi connectivity index (χ2n) is 8.26. The number of nitrogens with one attached hydrogen (secondary N) is 1. The highest BCUT2D eigenvalue weighted by atomic mass is 16.5. The zero-order valence-corrected chi connectivity index (χ0v) is 16.4. The molecule has 0 aliphatic carbocycles. The number of anilines is 1. The Labute approximate surface area is 162 Å². The molecule has 2 aromatic rings. The Hall–Kier alpha value is -2.04. The number of aryl methyl sites for hydroxylation is 1. The van der Waals surface area contributed by atoms with Crippen LogP contribution in [-0.2, 0) is 12.8 Å². The molecule has 2 heterocycles. The standard InChI is InChI=1S/C23H30N2O2/c1-17-3-5-18(6-4-17)15-23(26)9-11-25(12-10-23)16-20-13-19-14-21(27-2)7-8-22(19)24-20/h3-8,14,20,24,26H,9-13,15-16H2,1-2H3. The number of ether oxygens (including phenoxy) is 1. The summed E-state index contributed by atoms with van der Waals surface area (Å²) in [5, 5.41) is 14.7. The molecule has 0 spiro atoms. The number of nitrogens with zero attached hydrogens (tertiary/aromatic N) is 1. The van der Waals surface area contributed by atoms with E-state index < -0.39 is 5.60 Å². The third-order valence-electron chi connectivity index (χ3n) is 6.06. The molecular weight excluding hydrogens is 336 g/mol. The molecule has 2 N–H and O–H groups in total. The van der Waals surface area contributed by atoms with Crippen LogP contribution in [0, 0.1) is 6.92 Å². The Morgan fingerprint density at radius 3 is 2.59 bits per heavy atom. The highest BCUT2D eigenvalue weighted by molar-refractivity contribution is 5.59. The predicted molar refractivity (Wildman–Crippen MR) is 110 cm³/mol. The van der Waals surface area contributed by atoms with Gasteiger partial charge in [-0.05, 0) is 55.5 Å². The van der Waals surface area contributed by atoms with Crippen molar-refractivity contribution in [3.8, 4) is 5.75 Å². The summed E-state index contributed by atoms with van der Waals surface area (Å²) >= 11 is 0. The molecule has 4 nitrogen and oxygen atoms in total. The van der Waals surface area contributed by atoms with Crippen molar-refractivity contribution in [2.24, 2.45) is 0 Å². The van der Waals surface area contributed by atoms with Crippen LogP contribution in [-0.4, -0.2) is 48.4 Å². The van der Waals surface area contributed by atoms with E-state index in [1.807, 2.05) is 6.07 Å². The Kier molecular flexibility index (Phi) is 5.11. The topological polar surface area (TPSA) is 44.7 Å². The fourth-order valence-corrected chi connectivity index (χ4v) is 4.38. The minimum Gasteiger partial charge on any atom is -0.497 e. The van der Waals surface area contributed by atoms with Gasteiger partial charge in [0.15, 0.2) is 0 Å². The van der Waals surface area contributed by atoms with Crippen LogP contribution in [0.5, 0.6) is 5.75 Å². The van der Waals surface area contributed by atoms with Crippen LogP contribution in [0.15, 0.2) is 42.5 Å². The summed E-state index contributed by atoms with van der Waals surface area (Å²) in [5.74, 6) is 0.926. The second-order valence-corrected chi connectivity index (χ2v) is 8.26. The van der Waals surface area contributed by atoms with Gasteiger partial charge in [0, 0.05) is 37.8 Å². The molecule has 2 aliphatic heterocycles. The van der Waals surface area contributed by atoms with Crippen molar-refractivity contribution in [3.05, 3.63) is 59.2 Å². The molecule has 4 heteroatoms. The zero-order valence-electron chi connectivity index (χ0n) is 16.4. The van der Waals surface area contributed by atoms with Crippen LogP contribution in [0.1, 0.15) is 29.5 Å². The predicted octanol–water partition coefficient (Wildman–Crippen LogP) is 3.41. The third-order valence-corrected chi connectivity index (χ3v) is 6.06. The number of aliphatic hydroxyl groups is 1. The zero-order chi connectivity index (χ0) is 18.9. The molecule has 1 fully saturated rings. The summed E-state index contributed by atoms with van der Waals surface area (Å²) in [5.41, 5.74) is 4.51. The number of benzene rings is 2. The molecule has 1 unspecified atom stereocenters. The van der Waals surface area contributed by atoms with Gasteiger partial charge in [0.25, 0.3) is 0 Å². The van der Waals surface area contributed by atoms with E-state index in [0.717, 1.165) is 51.1 Å². The largest absolute Gasteiger partial charge is 0.497 e. The van der Waals surface area contributed by atoms with Crippen molar-refractivity contribution in [3.63, 3.8) is 0 Å². The molecule has 1 saturated heterocycles. The van der Waals surface area contributed by atoms with Crippen LogP contribution in [0.2, 0.25) is 0 Å². The number of piperidine rings is 1. The van der Waals surface area contributed by atoms with Crippen molar-refractivity contribution in [1.29, 1.82) is 0 Å². The number of methoxy groups -OCH3 is 1. The highest BCUT2D eigenvalue weighted by Gasteiger charge is 2.33. The van der Waals surface area contributed by atoms with Gasteiger partial charge in [0.2, 0.25) is 0 Å². The Morgan fingerprint density at radius 2 is 1.89 bits per heavy atom. The summed E-state index contributed by atoms with van der Waals surface area (Å²) < 4.78 is 5.34. The monoisotopic (exact) mass is 366 g/mol. The van der Waals surface area contributed by atoms with Gasteiger partial charge < -0.3 is 20.1 Å². The average Bonchev–Trinajstić information content (AvgIpc) is 3.07. The van der Waals surface area contributed by atoms with Gasteiger partial charge in [-0.25, -0.2) is 0 Å². The lowest BCUT2D eigenvalue weighted by atomic mass is 9.85. The van der Waals surface area contributed by atoms with E-state index in [4.69, 9.17) is 4.74 Å². The van der Waals surface area contributed by atoms with E-state index in [1.165, 1.54) is 22.4 Å². The average molecular weight is 367 g/mol. The Morgan fingerprint density at radius 1 is 1.15 bits per heavy atom. The molecule has 1 atom stereocenters. The van der Waals surface area contributed by atoms with Gasteiger partial charge in [-0.2, -0.15) is 0 Å². The summed E-state index contributed by atoms with van der Waals surface area (Å²) in [6, 6.07) is 15.3. The number of fused-ring (bicyclic) bond motifs is 1. The first-order chi connectivity index (χ1) is 13.0. The molecule has 0 aromatic heterocycles. The first-order valence-electron chi connectivity index (χ1n) is 9.97. The summed E-state index contributed by atoms with van der Waals surface area (Å²) in [7, 11) is 1.72. The van der Waals surface area contributed by atoms with Crippen molar-refractivity contribution in [1.82, 2.24) is 4.90 Å². The van der Waals surface area contributed by atoms with Crippen molar-refractivity contribution < 1.29 is 9.84 Å². The van der Waals surface area contributed by atoms with Crippen LogP contribution in [0.4, 0.5) is 5.69 Å². The molecule has 0 radical (unpaired) electrons. The van der Waals surface area contributed by atoms with Gasteiger partial charge in [-0.3, -0.25) is 0 Å². The van der Waals surface area contributed by atoms with E-state index in [1.54, 1.807) is 7.11 Å². The van der Waals surface area contributed by atoms with Gasteiger partial charge >= 0.3 is 0 Å². The van der Waals surface area contributed by atoms with Crippen molar-refractivity contribution >= 4 is 5.69 Å². The maximum absolute atomic E-state index is 11.0. The Balaban J connectivity index is 1.29. The first-order valence-corrected chi connectivity index (χ1v) is 9.97. The minimum absolute atomic E-state index is 0.440. The number of rotatable bonds is 5. The van der Waals surface area contributed by atoms with Crippen LogP contribution in [0.25, 0.3) is 0 Å². The van der Waals surface area contributed by atoms with Crippen LogP contribution < -0.4 is 10.1 Å². The lowest BCUT2D eigenvalue weighted by molar-refractivity contribution is -0.0211. The SMILES string of the molecule is COc1ccc2c(c1)CC(CN1CCC(O)(Cc3ccc(C)cc3)CC1)N2. The first kappa shape index (κ1) is 18.3. The van der Waals surface area contributed by atoms with Crippen molar-refractivity contribution in [2.75, 3.05) is 32.1 Å². The second kappa shape index (κ2) is 7.53. The van der Waals surface area contributed by atoms with Gasteiger partial charge in [0.05, 0.1) is 12.7 Å². The van der Waals surface area contributed by atoms with Crippen LogP contribution >= 0.6 is 0 Å². The summed E-state index contributed by atoms with van der Waals surface area (Å²) in [6.45, 7) is 5.04. The van der Waals surface area contributed by atoms with Gasteiger partial charge in [-0.15, -0.1) is 0 Å². The molecule has 0 amide bonds. The third kappa shape index (κ3) is 4.28.